The average Bonchev–Trinajstić information content (AvgIpc) is 2.31. The molecule has 2 rings (SSSR count). The Kier molecular flexibility index (Phi) is 4.00. The van der Waals surface area contributed by atoms with Crippen molar-refractivity contribution >= 4 is 44.8 Å². The van der Waals surface area contributed by atoms with Crippen LogP contribution >= 0.6 is 39.1 Å². The number of aryl methyl sites for hydroxylation is 1. The maximum atomic E-state index is 5.91. The summed E-state index contributed by atoms with van der Waals surface area (Å²) in [5.41, 5.74) is 7.22. The summed E-state index contributed by atoms with van der Waals surface area (Å²) >= 11 is 15.1. The first-order chi connectivity index (χ1) is 8.47. The average molecular weight is 348 g/mol. The van der Waals surface area contributed by atoms with Crippen molar-refractivity contribution in [3.63, 3.8) is 0 Å². The molecule has 0 aliphatic rings. The Morgan fingerprint density at radius 3 is 2.56 bits per heavy atom. The molecule has 0 atom stereocenters. The van der Waals surface area contributed by atoms with Crippen LogP contribution in [-0.2, 0) is 0 Å². The minimum Gasteiger partial charge on any atom is -0.437 e. The van der Waals surface area contributed by atoms with Crippen LogP contribution in [-0.4, -0.2) is 4.98 Å². The van der Waals surface area contributed by atoms with Crippen molar-refractivity contribution in [1.29, 1.82) is 0 Å². The summed E-state index contributed by atoms with van der Waals surface area (Å²) in [5.74, 6) is 0.874. The molecule has 1 heterocycles. The molecule has 0 saturated heterocycles. The van der Waals surface area contributed by atoms with E-state index < -0.39 is 0 Å². The molecule has 0 amide bonds. The highest BCUT2D eigenvalue weighted by atomic mass is 79.9. The second-order valence-corrected chi connectivity index (χ2v) is 5.35. The summed E-state index contributed by atoms with van der Waals surface area (Å²) in [4.78, 5) is 4.13. The van der Waals surface area contributed by atoms with Crippen molar-refractivity contribution in [2.75, 3.05) is 5.73 Å². The number of hydrogen-bond donors (Lipinski definition) is 1. The van der Waals surface area contributed by atoms with Crippen molar-refractivity contribution in [2.24, 2.45) is 0 Å². The Balaban J connectivity index is 2.34. The molecule has 6 heteroatoms. The number of nitrogens with two attached hydrogens (primary N) is 1. The third kappa shape index (κ3) is 2.88. The van der Waals surface area contributed by atoms with Crippen LogP contribution in [0.15, 0.2) is 28.9 Å². The van der Waals surface area contributed by atoms with Crippen molar-refractivity contribution in [3.8, 4) is 11.6 Å². The van der Waals surface area contributed by atoms with E-state index in [0.29, 0.717) is 27.4 Å². The Hall–Kier alpha value is -0.970. The summed E-state index contributed by atoms with van der Waals surface area (Å²) in [7, 11) is 0. The van der Waals surface area contributed by atoms with E-state index in [0.717, 1.165) is 10.0 Å². The van der Waals surface area contributed by atoms with Gasteiger partial charge in [-0.2, -0.15) is 0 Å². The SMILES string of the molecule is Cc1cc(Oc2cc(Cl)c(Cl)cc2N)ncc1Br. The molecular weight excluding hydrogens is 339 g/mol. The summed E-state index contributed by atoms with van der Waals surface area (Å²) < 4.78 is 6.49. The van der Waals surface area contributed by atoms with Crippen molar-refractivity contribution < 1.29 is 4.74 Å². The van der Waals surface area contributed by atoms with Crippen LogP contribution < -0.4 is 10.5 Å². The zero-order valence-corrected chi connectivity index (χ0v) is 12.5. The zero-order chi connectivity index (χ0) is 13.3. The summed E-state index contributed by atoms with van der Waals surface area (Å²) in [6.45, 7) is 1.94. The lowest BCUT2D eigenvalue weighted by atomic mass is 10.3. The fraction of sp³-hybridized carbons (Fsp3) is 0.0833. The number of ether oxygens (including phenoxy) is 1. The third-order valence-corrected chi connectivity index (χ3v) is 3.84. The maximum absolute atomic E-state index is 5.91. The van der Waals surface area contributed by atoms with Gasteiger partial charge in [0.05, 0.1) is 15.7 Å². The normalized spacial score (nSPS) is 10.4. The van der Waals surface area contributed by atoms with E-state index in [9.17, 15) is 0 Å². The Morgan fingerprint density at radius 1 is 1.22 bits per heavy atom. The van der Waals surface area contributed by atoms with E-state index in [1.165, 1.54) is 0 Å². The molecule has 0 fully saturated rings. The first kappa shape index (κ1) is 13.5. The van der Waals surface area contributed by atoms with E-state index in [1.54, 1.807) is 24.4 Å². The quantitative estimate of drug-likeness (QED) is 0.791. The summed E-state index contributed by atoms with van der Waals surface area (Å²) in [6, 6.07) is 4.91. The van der Waals surface area contributed by atoms with Crippen LogP contribution in [0.3, 0.4) is 0 Å². The number of pyridine rings is 1. The van der Waals surface area contributed by atoms with Crippen LogP contribution in [0.2, 0.25) is 10.0 Å². The fourth-order valence-corrected chi connectivity index (χ4v) is 1.86. The van der Waals surface area contributed by atoms with E-state index in [-0.39, 0.29) is 0 Å². The number of rotatable bonds is 2. The van der Waals surface area contributed by atoms with Crippen molar-refractivity contribution in [3.05, 3.63) is 44.5 Å². The maximum Gasteiger partial charge on any atom is 0.219 e. The van der Waals surface area contributed by atoms with Gasteiger partial charge in [0, 0.05) is 22.8 Å². The first-order valence-corrected chi connectivity index (χ1v) is 6.57. The minimum absolute atomic E-state index is 0.384. The molecule has 2 aromatic rings. The predicted molar refractivity (Wildman–Crippen MR) is 77.6 cm³/mol. The van der Waals surface area contributed by atoms with Gasteiger partial charge in [-0.15, -0.1) is 0 Å². The summed E-state index contributed by atoms with van der Waals surface area (Å²) in [5, 5.41) is 0.774. The lowest BCUT2D eigenvalue weighted by Gasteiger charge is -2.09. The van der Waals surface area contributed by atoms with Crippen LogP contribution in [0.25, 0.3) is 0 Å². The number of nitrogens with zero attached hydrogens (tertiary/aromatic N) is 1. The van der Waals surface area contributed by atoms with Gasteiger partial charge < -0.3 is 10.5 Å². The molecule has 0 radical (unpaired) electrons. The van der Waals surface area contributed by atoms with Crippen LogP contribution in [0.1, 0.15) is 5.56 Å². The van der Waals surface area contributed by atoms with Crippen molar-refractivity contribution in [1.82, 2.24) is 4.98 Å². The fourth-order valence-electron chi connectivity index (χ4n) is 1.31. The topological polar surface area (TPSA) is 48.1 Å². The van der Waals surface area contributed by atoms with Crippen LogP contribution in [0, 0.1) is 6.92 Å². The monoisotopic (exact) mass is 346 g/mol. The molecular formula is C12H9BrCl2N2O. The molecule has 2 N–H and O–H groups in total. The van der Waals surface area contributed by atoms with E-state index in [2.05, 4.69) is 20.9 Å². The molecule has 94 valence electrons. The van der Waals surface area contributed by atoms with Crippen LogP contribution in [0.5, 0.6) is 11.6 Å². The largest absolute Gasteiger partial charge is 0.437 e. The molecule has 1 aromatic carbocycles. The highest BCUT2D eigenvalue weighted by Crippen LogP contribution is 2.35. The number of hydrogen-bond acceptors (Lipinski definition) is 3. The molecule has 0 aliphatic carbocycles. The number of benzene rings is 1. The van der Waals surface area contributed by atoms with Crippen LogP contribution in [0.4, 0.5) is 5.69 Å². The second kappa shape index (κ2) is 5.34. The molecule has 0 saturated carbocycles. The lowest BCUT2D eigenvalue weighted by molar-refractivity contribution is 0.464. The predicted octanol–water partition coefficient (Wildman–Crippen LogP) is 4.83. The molecule has 0 bridgehead atoms. The van der Waals surface area contributed by atoms with Gasteiger partial charge in [0.15, 0.2) is 5.75 Å². The number of aromatic nitrogens is 1. The Bertz CT molecular complexity index is 605. The van der Waals surface area contributed by atoms with Gasteiger partial charge in [-0.3, -0.25) is 0 Å². The van der Waals surface area contributed by atoms with E-state index >= 15 is 0 Å². The highest BCUT2D eigenvalue weighted by Gasteiger charge is 2.08. The molecule has 1 aromatic heterocycles. The van der Waals surface area contributed by atoms with Gasteiger partial charge in [-0.1, -0.05) is 23.2 Å². The lowest BCUT2D eigenvalue weighted by Crippen LogP contribution is -1.94. The van der Waals surface area contributed by atoms with E-state index in [1.807, 2.05) is 6.92 Å². The first-order valence-electron chi connectivity index (χ1n) is 5.02. The van der Waals surface area contributed by atoms with Gasteiger partial charge in [0.25, 0.3) is 0 Å². The molecule has 0 spiro atoms. The highest BCUT2D eigenvalue weighted by molar-refractivity contribution is 9.10. The van der Waals surface area contributed by atoms with Gasteiger partial charge in [0.1, 0.15) is 0 Å². The smallest absolute Gasteiger partial charge is 0.219 e. The number of anilines is 1. The molecule has 18 heavy (non-hydrogen) atoms. The zero-order valence-electron chi connectivity index (χ0n) is 9.38. The number of nitrogen functional groups attached to an aromatic ring is 1. The standard InChI is InChI=1S/C12H9BrCl2N2O/c1-6-2-12(17-5-7(6)13)18-11-4-9(15)8(14)3-10(11)16/h2-5H,16H2,1H3. The van der Waals surface area contributed by atoms with Crippen molar-refractivity contribution in [2.45, 2.75) is 6.92 Å². The third-order valence-electron chi connectivity index (χ3n) is 2.29. The molecule has 0 aliphatic heterocycles. The summed E-state index contributed by atoms with van der Waals surface area (Å²) in [6.07, 6.45) is 1.67. The van der Waals surface area contributed by atoms with Gasteiger partial charge in [-0.05, 0) is 34.5 Å². The Labute approximate surface area is 123 Å². The van der Waals surface area contributed by atoms with Gasteiger partial charge in [-0.25, -0.2) is 4.98 Å². The second-order valence-electron chi connectivity index (χ2n) is 3.68. The minimum atomic E-state index is 0.384. The van der Waals surface area contributed by atoms with Gasteiger partial charge in [0.2, 0.25) is 5.88 Å². The van der Waals surface area contributed by atoms with E-state index in [4.69, 9.17) is 33.7 Å². The molecule has 0 unspecified atom stereocenters. The van der Waals surface area contributed by atoms with Gasteiger partial charge >= 0.3 is 0 Å². The number of halogens is 3. The molecule has 3 nitrogen and oxygen atoms in total. The Morgan fingerprint density at radius 2 is 1.89 bits per heavy atom.